The van der Waals surface area contributed by atoms with Gasteiger partial charge >= 0.3 is 5.69 Å². The molecular formula is C11H15N5O2. The highest BCUT2D eigenvalue weighted by Crippen LogP contribution is 2.24. The van der Waals surface area contributed by atoms with Gasteiger partial charge in [0, 0.05) is 13.2 Å². The zero-order chi connectivity index (χ0) is 12.5. The van der Waals surface area contributed by atoms with Crippen molar-refractivity contribution in [2.24, 2.45) is 0 Å². The maximum absolute atomic E-state index is 11.4. The van der Waals surface area contributed by atoms with Crippen LogP contribution in [0, 0.1) is 0 Å². The van der Waals surface area contributed by atoms with Crippen LogP contribution in [0.5, 0.6) is 0 Å². The third-order valence-electron chi connectivity index (χ3n) is 3.34. The monoisotopic (exact) mass is 249 g/mol. The number of H-pyrrole nitrogens is 1. The van der Waals surface area contributed by atoms with Crippen molar-refractivity contribution in [1.82, 2.24) is 19.8 Å². The summed E-state index contributed by atoms with van der Waals surface area (Å²) in [6.07, 6.45) is 3.40. The zero-order valence-electron chi connectivity index (χ0n) is 10.1. The van der Waals surface area contributed by atoms with Gasteiger partial charge in [-0.1, -0.05) is 0 Å². The van der Waals surface area contributed by atoms with E-state index in [0.29, 0.717) is 23.6 Å². The summed E-state index contributed by atoms with van der Waals surface area (Å²) >= 11 is 0. The fraction of sp³-hybridized carbons (Fsp3) is 0.545. The van der Waals surface area contributed by atoms with Crippen LogP contribution in [-0.4, -0.2) is 39.1 Å². The molecule has 2 aromatic rings. The predicted molar refractivity (Wildman–Crippen MR) is 65.7 cm³/mol. The molecule has 7 nitrogen and oxygen atoms in total. The minimum atomic E-state index is -0.324. The second kappa shape index (κ2) is 4.41. The Morgan fingerprint density at radius 2 is 2.39 bits per heavy atom. The van der Waals surface area contributed by atoms with Crippen molar-refractivity contribution in [3.05, 3.63) is 22.6 Å². The zero-order valence-corrected chi connectivity index (χ0v) is 10.1. The van der Waals surface area contributed by atoms with E-state index in [-0.39, 0.29) is 5.69 Å². The Bertz CT molecular complexity index is 605. The molecule has 0 bridgehead atoms. The molecule has 18 heavy (non-hydrogen) atoms. The average molecular weight is 249 g/mol. The van der Waals surface area contributed by atoms with E-state index < -0.39 is 0 Å². The van der Waals surface area contributed by atoms with Crippen molar-refractivity contribution in [1.29, 1.82) is 0 Å². The molecule has 0 aliphatic heterocycles. The number of ether oxygens (including phenoxy) is 1. The van der Waals surface area contributed by atoms with Crippen molar-refractivity contribution >= 4 is 11.5 Å². The lowest BCUT2D eigenvalue weighted by Crippen LogP contribution is -2.20. The summed E-state index contributed by atoms with van der Waals surface area (Å²) in [7, 11) is 1.74. The van der Waals surface area contributed by atoms with Crippen molar-refractivity contribution < 1.29 is 4.74 Å². The fourth-order valence-electron chi connectivity index (χ4n) is 2.37. The van der Waals surface area contributed by atoms with Gasteiger partial charge in [0.05, 0.1) is 6.10 Å². The molecule has 2 heterocycles. The lowest BCUT2D eigenvalue weighted by atomic mass is 10.2. The van der Waals surface area contributed by atoms with Gasteiger partial charge in [-0.2, -0.15) is 9.61 Å². The fourth-order valence-corrected chi connectivity index (χ4v) is 2.37. The van der Waals surface area contributed by atoms with Gasteiger partial charge in [-0.25, -0.2) is 9.89 Å². The van der Waals surface area contributed by atoms with Crippen LogP contribution >= 0.6 is 0 Å². The number of nitrogens with one attached hydrogen (secondary N) is 2. The van der Waals surface area contributed by atoms with E-state index in [1.807, 2.05) is 6.07 Å². The number of aromatic nitrogens is 4. The Balaban J connectivity index is 1.78. The van der Waals surface area contributed by atoms with Crippen LogP contribution in [0.25, 0.3) is 5.65 Å². The van der Waals surface area contributed by atoms with Gasteiger partial charge < -0.3 is 10.1 Å². The number of nitrogens with zero attached hydrogens (tertiary/aromatic N) is 3. The summed E-state index contributed by atoms with van der Waals surface area (Å²) in [6.45, 7) is 0. The van der Waals surface area contributed by atoms with Gasteiger partial charge in [0.15, 0.2) is 5.65 Å². The van der Waals surface area contributed by atoms with E-state index >= 15 is 0 Å². The van der Waals surface area contributed by atoms with Crippen LogP contribution in [0.2, 0.25) is 0 Å². The third kappa shape index (κ3) is 1.97. The highest BCUT2D eigenvalue weighted by Gasteiger charge is 2.24. The van der Waals surface area contributed by atoms with E-state index in [9.17, 15) is 4.79 Å². The van der Waals surface area contributed by atoms with Crippen molar-refractivity contribution in [2.75, 3.05) is 12.4 Å². The van der Waals surface area contributed by atoms with Gasteiger partial charge in [0.25, 0.3) is 0 Å². The molecule has 0 aromatic carbocycles. The Morgan fingerprint density at radius 1 is 1.50 bits per heavy atom. The van der Waals surface area contributed by atoms with Crippen molar-refractivity contribution in [2.45, 2.75) is 31.4 Å². The van der Waals surface area contributed by atoms with Crippen LogP contribution in [0.3, 0.4) is 0 Å². The van der Waals surface area contributed by atoms with Gasteiger partial charge in [0.2, 0.25) is 0 Å². The minimum Gasteiger partial charge on any atom is -0.381 e. The Morgan fingerprint density at radius 3 is 3.17 bits per heavy atom. The molecule has 2 aromatic heterocycles. The number of rotatable bonds is 3. The summed E-state index contributed by atoms with van der Waals surface area (Å²) in [4.78, 5) is 11.4. The number of aromatic amines is 1. The Hall–Kier alpha value is -1.89. The number of methoxy groups -OCH3 is 1. The topological polar surface area (TPSA) is 84.3 Å². The Labute approximate surface area is 103 Å². The maximum atomic E-state index is 11.4. The van der Waals surface area contributed by atoms with Crippen LogP contribution in [0.4, 0.5) is 5.82 Å². The number of hydrogen-bond donors (Lipinski definition) is 2. The largest absolute Gasteiger partial charge is 0.381 e. The maximum Gasteiger partial charge on any atom is 0.364 e. The predicted octanol–water partition coefficient (Wildman–Crippen LogP) is 0.397. The molecule has 1 saturated carbocycles. The van der Waals surface area contributed by atoms with Crippen LogP contribution < -0.4 is 11.0 Å². The lowest BCUT2D eigenvalue weighted by molar-refractivity contribution is 0.108. The first-order valence-electron chi connectivity index (χ1n) is 6.00. The van der Waals surface area contributed by atoms with Gasteiger partial charge in [-0.3, -0.25) is 0 Å². The van der Waals surface area contributed by atoms with E-state index in [0.717, 1.165) is 19.3 Å². The quantitative estimate of drug-likeness (QED) is 0.822. The highest BCUT2D eigenvalue weighted by molar-refractivity contribution is 5.43. The lowest BCUT2D eigenvalue weighted by Gasteiger charge is -2.13. The molecule has 1 aliphatic rings. The third-order valence-corrected chi connectivity index (χ3v) is 3.34. The normalized spacial score (nSPS) is 23.6. The standard InChI is InChI=1S/C11H15N5O2/c1-18-8-3-2-7(6-8)12-9-4-5-10-13-14-11(17)16(10)15-9/h4-5,7-8H,2-3,6H2,1H3,(H,12,15)(H,14,17). The molecule has 2 unspecified atom stereocenters. The molecule has 0 radical (unpaired) electrons. The minimum absolute atomic E-state index is 0.322. The molecular weight excluding hydrogens is 234 g/mol. The summed E-state index contributed by atoms with van der Waals surface area (Å²) in [6, 6.07) is 3.94. The Kier molecular flexibility index (Phi) is 2.75. The van der Waals surface area contributed by atoms with Gasteiger partial charge in [0.1, 0.15) is 5.82 Å². The molecule has 1 fully saturated rings. The second-order valence-electron chi connectivity index (χ2n) is 4.53. The molecule has 2 N–H and O–H groups in total. The summed E-state index contributed by atoms with van der Waals surface area (Å²) in [5, 5.41) is 13.7. The first kappa shape index (κ1) is 11.2. The molecule has 96 valence electrons. The summed E-state index contributed by atoms with van der Waals surface area (Å²) in [5.41, 5.74) is 0.196. The highest BCUT2D eigenvalue weighted by atomic mass is 16.5. The molecule has 3 rings (SSSR count). The molecule has 0 saturated heterocycles. The average Bonchev–Trinajstić information content (AvgIpc) is 2.97. The van der Waals surface area contributed by atoms with E-state index in [2.05, 4.69) is 20.6 Å². The van der Waals surface area contributed by atoms with Crippen molar-refractivity contribution in [3.8, 4) is 0 Å². The van der Waals surface area contributed by atoms with Crippen LogP contribution in [0.15, 0.2) is 16.9 Å². The molecule has 2 atom stereocenters. The molecule has 0 spiro atoms. The molecule has 7 heteroatoms. The van der Waals surface area contributed by atoms with E-state index in [1.54, 1.807) is 13.2 Å². The van der Waals surface area contributed by atoms with E-state index in [4.69, 9.17) is 4.74 Å². The molecule has 0 amide bonds. The molecule has 1 aliphatic carbocycles. The second-order valence-corrected chi connectivity index (χ2v) is 4.53. The smallest absolute Gasteiger partial charge is 0.364 e. The SMILES string of the molecule is COC1CCC(Nc2ccc3n[nH]c(=O)n3n2)C1. The first-order chi connectivity index (χ1) is 8.76. The van der Waals surface area contributed by atoms with Crippen molar-refractivity contribution in [3.63, 3.8) is 0 Å². The van der Waals surface area contributed by atoms with Gasteiger partial charge in [-0.05, 0) is 31.4 Å². The number of anilines is 1. The van der Waals surface area contributed by atoms with E-state index in [1.165, 1.54) is 4.52 Å². The number of hydrogen-bond acceptors (Lipinski definition) is 5. The van der Waals surface area contributed by atoms with Crippen LogP contribution in [-0.2, 0) is 4.74 Å². The summed E-state index contributed by atoms with van der Waals surface area (Å²) in [5.74, 6) is 0.688. The first-order valence-corrected chi connectivity index (χ1v) is 6.00. The van der Waals surface area contributed by atoms with Gasteiger partial charge in [-0.15, -0.1) is 5.10 Å². The number of fused-ring (bicyclic) bond motifs is 1. The van der Waals surface area contributed by atoms with Crippen LogP contribution in [0.1, 0.15) is 19.3 Å². The summed E-state index contributed by atoms with van der Waals surface area (Å²) < 4.78 is 6.58.